The lowest BCUT2D eigenvalue weighted by atomic mass is 10.0. The van der Waals surface area contributed by atoms with Crippen LogP contribution in [0.15, 0.2) is 36.5 Å². The van der Waals surface area contributed by atoms with E-state index in [-0.39, 0.29) is 6.04 Å². The van der Waals surface area contributed by atoms with Gasteiger partial charge in [0.1, 0.15) is 0 Å². The van der Waals surface area contributed by atoms with Crippen molar-refractivity contribution in [1.82, 2.24) is 4.98 Å². The van der Waals surface area contributed by atoms with Gasteiger partial charge in [0.15, 0.2) is 0 Å². The lowest BCUT2D eigenvalue weighted by Gasteiger charge is -2.13. The maximum Gasteiger partial charge on any atom is 0.0704 e. The number of hydrogen-bond acceptors (Lipinski definition) is 3. The van der Waals surface area contributed by atoms with Crippen molar-refractivity contribution in [2.75, 3.05) is 13.2 Å². The molecule has 3 nitrogen and oxygen atoms in total. The van der Waals surface area contributed by atoms with Crippen LogP contribution in [-0.2, 0) is 11.2 Å². The van der Waals surface area contributed by atoms with Crippen LogP contribution in [0.5, 0.6) is 0 Å². The van der Waals surface area contributed by atoms with E-state index < -0.39 is 0 Å². The van der Waals surface area contributed by atoms with Gasteiger partial charge in [-0.25, -0.2) is 0 Å². The summed E-state index contributed by atoms with van der Waals surface area (Å²) in [6.07, 6.45) is 3.62. The third-order valence-electron chi connectivity index (χ3n) is 3.06. The summed E-state index contributed by atoms with van der Waals surface area (Å²) >= 11 is 0. The first-order chi connectivity index (χ1) is 8.81. The van der Waals surface area contributed by atoms with Crippen molar-refractivity contribution in [3.8, 4) is 0 Å². The number of pyridine rings is 1. The highest BCUT2D eigenvalue weighted by molar-refractivity contribution is 5.81. The van der Waals surface area contributed by atoms with Crippen LogP contribution in [0, 0.1) is 0 Å². The molecule has 1 aromatic carbocycles. The molecule has 2 rings (SSSR count). The van der Waals surface area contributed by atoms with Gasteiger partial charge >= 0.3 is 0 Å². The molecule has 1 atom stereocenters. The molecular formula is C15H20N2O. The number of aromatic nitrogens is 1. The number of benzene rings is 1. The average Bonchev–Trinajstić information content (AvgIpc) is 2.39. The third-order valence-corrected chi connectivity index (χ3v) is 3.06. The second kappa shape index (κ2) is 6.47. The highest BCUT2D eigenvalue weighted by Gasteiger charge is 2.07. The van der Waals surface area contributed by atoms with Gasteiger partial charge in [-0.2, -0.15) is 0 Å². The van der Waals surface area contributed by atoms with E-state index in [0.717, 1.165) is 31.6 Å². The van der Waals surface area contributed by atoms with Gasteiger partial charge in [-0.3, -0.25) is 4.98 Å². The molecule has 1 heterocycles. The molecule has 0 amide bonds. The zero-order chi connectivity index (χ0) is 12.8. The maximum absolute atomic E-state index is 6.14. The van der Waals surface area contributed by atoms with Crippen LogP contribution in [0.4, 0.5) is 0 Å². The van der Waals surface area contributed by atoms with Crippen LogP contribution in [0.2, 0.25) is 0 Å². The summed E-state index contributed by atoms with van der Waals surface area (Å²) in [5.74, 6) is 0. The first kappa shape index (κ1) is 13.0. The molecule has 2 N–H and O–H groups in total. The summed E-state index contributed by atoms with van der Waals surface area (Å²) in [6, 6.07) is 10.4. The fourth-order valence-electron chi connectivity index (χ4n) is 2.10. The van der Waals surface area contributed by atoms with Crippen molar-refractivity contribution >= 4 is 10.9 Å². The molecule has 1 unspecified atom stereocenters. The summed E-state index contributed by atoms with van der Waals surface area (Å²) in [5.41, 5.74) is 8.44. The highest BCUT2D eigenvalue weighted by Crippen LogP contribution is 2.17. The minimum absolute atomic E-state index is 0.141. The van der Waals surface area contributed by atoms with Crippen molar-refractivity contribution in [2.24, 2.45) is 5.73 Å². The van der Waals surface area contributed by atoms with Crippen LogP contribution in [-0.4, -0.2) is 24.2 Å². The van der Waals surface area contributed by atoms with Gasteiger partial charge in [0, 0.05) is 30.8 Å². The van der Waals surface area contributed by atoms with E-state index >= 15 is 0 Å². The average molecular weight is 244 g/mol. The van der Waals surface area contributed by atoms with Crippen molar-refractivity contribution in [3.05, 3.63) is 42.1 Å². The van der Waals surface area contributed by atoms with Gasteiger partial charge in [-0.15, -0.1) is 0 Å². The van der Waals surface area contributed by atoms with E-state index in [2.05, 4.69) is 17.1 Å². The van der Waals surface area contributed by atoms with Crippen LogP contribution in [0.1, 0.15) is 18.9 Å². The molecule has 0 saturated carbocycles. The summed E-state index contributed by atoms with van der Waals surface area (Å²) < 4.78 is 5.34. The van der Waals surface area contributed by atoms with Gasteiger partial charge in [-0.1, -0.05) is 18.2 Å². The molecule has 0 aliphatic carbocycles. The fraction of sp³-hybridized carbons (Fsp3) is 0.400. The Kier molecular flexibility index (Phi) is 4.67. The molecule has 0 radical (unpaired) electrons. The summed E-state index contributed by atoms with van der Waals surface area (Å²) in [7, 11) is 0. The lowest BCUT2D eigenvalue weighted by molar-refractivity contribution is 0.140. The smallest absolute Gasteiger partial charge is 0.0704 e. The Morgan fingerprint density at radius 2 is 2.11 bits per heavy atom. The molecule has 0 aliphatic rings. The van der Waals surface area contributed by atoms with E-state index in [0.29, 0.717) is 0 Å². The number of rotatable bonds is 6. The number of hydrogen-bond donors (Lipinski definition) is 1. The standard InChI is InChI=1S/C15H20N2O/c1-2-18-10-8-13(16)11-12-7-9-17-15-6-4-3-5-14(12)15/h3-7,9,13H,2,8,10-11,16H2,1H3. The highest BCUT2D eigenvalue weighted by atomic mass is 16.5. The first-order valence-electron chi connectivity index (χ1n) is 6.47. The predicted octanol–water partition coefficient (Wildman–Crippen LogP) is 2.53. The summed E-state index contributed by atoms with van der Waals surface area (Å²) in [5, 5.41) is 1.20. The molecule has 3 heteroatoms. The molecule has 96 valence electrons. The Balaban J connectivity index is 2.07. The zero-order valence-electron chi connectivity index (χ0n) is 10.8. The Hall–Kier alpha value is -1.45. The minimum Gasteiger partial charge on any atom is -0.382 e. The van der Waals surface area contributed by atoms with Crippen LogP contribution < -0.4 is 5.73 Å². The summed E-state index contributed by atoms with van der Waals surface area (Å²) in [4.78, 5) is 4.36. The van der Waals surface area contributed by atoms with E-state index in [1.165, 1.54) is 10.9 Å². The SMILES string of the molecule is CCOCCC(N)Cc1ccnc2ccccc12. The van der Waals surface area contributed by atoms with Crippen molar-refractivity contribution in [1.29, 1.82) is 0 Å². The van der Waals surface area contributed by atoms with E-state index in [9.17, 15) is 0 Å². The fourth-order valence-corrected chi connectivity index (χ4v) is 2.10. The molecule has 2 aromatic rings. The van der Waals surface area contributed by atoms with Crippen LogP contribution in [0.25, 0.3) is 10.9 Å². The normalized spacial score (nSPS) is 12.8. The quantitative estimate of drug-likeness (QED) is 0.794. The molecular weight excluding hydrogens is 224 g/mol. The number of nitrogens with two attached hydrogens (primary N) is 1. The van der Waals surface area contributed by atoms with Gasteiger partial charge < -0.3 is 10.5 Å². The van der Waals surface area contributed by atoms with Gasteiger partial charge in [0.05, 0.1) is 5.52 Å². The molecule has 18 heavy (non-hydrogen) atoms. The summed E-state index contributed by atoms with van der Waals surface area (Å²) in [6.45, 7) is 3.49. The third kappa shape index (κ3) is 3.28. The topological polar surface area (TPSA) is 48.1 Å². The Labute approximate surface area is 108 Å². The number of fused-ring (bicyclic) bond motifs is 1. The lowest BCUT2D eigenvalue weighted by Crippen LogP contribution is -2.24. The molecule has 0 bridgehead atoms. The van der Waals surface area contributed by atoms with Crippen LogP contribution >= 0.6 is 0 Å². The number of para-hydroxylation sites is 1. The van der Waals surface area contributed by atoms with Crippen LogP contribution in [0.3, 0.4) is 0 Å². The Morgan fingerprint density at radius 3 is 2.94 bits per heavy atom. The molecule has 1 aromatic heterocycles. The van der Waals surface area contributed by atoms with Gasteiger partial charge in [0.2, 0.25) is 0 Å². The predicted molar refractivity (Wildman–Crippen MR) is 74.5 cm³/mol. The van der Waals surface area contributed by atoms with Crippen molar-refractivity contribution < 1.29 is 4.74 Å². The second-order valence-corrected chi connectivity index (χ2v) is 4.44. The van der Waals surface area contributed by atoms with E-state index in [4.69, 9.17) is 10.5 Å². The van der Waals surface area contributed by atoms with Gasteiger partial charge in [0.25, 0.3) is 0 Å². The molecule has 0 aliphatic heterocycles. The molecule has 0 spiro atoms. The number of nitrogens with zero attached hydrogens (tertiary/aromatic N) is 1. The van der Waals surface area contributed by atoms with Crippen molar-refractivity contribution in [3.63, 3.8) is 0 Å². The van der Waals surface area contributed by atoms with Gasteiger partial charge in [-0.05, 0) is 37.5 Å². The Bertz CT molecular complexity index is 493. The zero-order valence-corrected chi connectivity index (χ0v) is 10.8. The molecule has 0 saturated heterocycles. The Morgan fingerprint density at radius 1 is 1.28 bits per heavy atom. The minimum atomic E-state index is 0.141. The van der Waals surface area contributed by atoms with E-state index in [1.807, 2.05) is 31.3 Å². The maximum atomic E-state index is 6.14. The monoisotopic (exact) mass is 244 g/mol. The second-order valence-electron chi connectivity index (χ2n) is 4.44. The first-order valence-corrected chi connectivity index (χ1v) is 6.47. The van der Waals surface area contributed by atoms with E-state index in [1.54, 1.807) is 0 Å². The molecule has 0 fully saturated rings. The van der Waals surface area contributed by atoms with Crippen molar-refractivity contribution in [2.45, 2.75) is 25.8 Å². The largest absolute Gasteiger partial charge is 0.382 e. The number of ether oxygens (including phenoxy) is 1.